The van der Waals surface area contributed by atoms with E-state index in [1.165, 1.54) is 12.1 Å². The molecule has 1 aliphatic heterocycles. The number of ether oxygens (including phenoxy) is 1. The van der Waals surface area contributed by atoms with Crippen LogP contribution in [0.5, 0.6) is 5.75 Å². The maximum atomic E-state index is 13.8. The summed E-state index contributed by atoms with van der Waals surface area (Å²) in [6.45, 7) is 0.370. The van der Waals surface area contributed by atoms with Gasteiger partial charge >= 0.3 is 0 Å². The minimum Gasteiger partial charge on any atom is -0.484 e. The Kier molecular flexibility index (Phi) is 3.47. The van der Waals surface area contributed by atoms with Crippen LogP contribution in [-0.2, 0) is 0 Å². The third-order valence-corrected chi connectivity index (χ3v) is 3.57. The average Bonchev–Trinajstić information content (AvgIpc) is 2.46. The molecule has 2 aromatic carbocycles. The molecule has 0 amide bonds. The Bertz CT molecular complexity index is 684. The molecular formula is C16H13ClFNO. The van der Waals surface area contributed by atoms with E-state index < -0.39 is 0 Å². The van der Waals surface area contributed by atoms with E-state index in [0.29, 0.717) is 28.4 Å². The third-order valence-electron chi connectivity index (χ3n) is 3.24. The van der Waals surface area contributed by atoms with Gasteiger partial charge in [0.1, 0.15) is 17.7 Å². The zero-order valence-corrected chi connectivity index (χ0v) is 11.4. The first-order valence-electron chi connectivity index (χ1n) is 6.32. The van der Waals surface area contributed by atoms with E-state index in [-0.39, 0.29) is 11.9 Å². The molecule has 1 aliphatic rings. The Morgan fingerprint density at radius 2 is 2.00 bits per heavy atom. The molecule has 1 atom stereocenters. The quantitative estimate of drug-likeness (QED) is 0.910. The topological polar surface area (TPSA) is 35.2 Å². The lowest BCUT2D eigenvalue weighted by molar-refractivity contribution is 0.254. The molecule has 0 saturated carbocycles. The van der Waals surface area contributed by atoms with Gasteiger partial charge in [0.25, 0.3) is 0 Å². The molecule has 0 saturated heterocycles. The Balaban J connectivity index is 2.20. The first-order valence-corrected chi connectivity index (χ1v) is 6.70. The third kappa shape index (κ3) is 2.30. The van der Waals surface area contributed by atoms with Gasteiger partial charge in [-0.2, -0.15) is 0 Å². The van der Waals surface area contributed by atoms with Crippen molar-refractivity contribution < 1.29 is 9.13 Å². The van der Waals surface area contributed by atoms with Crippen LogP contribution in [0.1, 0.15) is 5.56 Å². The Morgan fingerprint density at radius 1 is 1.20 bits per heavy atom. The summed E-state index contributed by atoms with van der Waals surface area (Å²) < 4.78 is 19.6. The van der Waals surface area contributed by atoms with Crippen LogP contribution in [0.2, 0.25) is 5.02 Å². The van der Waals surface area contributed by atoms with Crippen LogP contribution < -0.4 is 10.5 Å². The minimum absolute atomic E-state index is 0.200. The second kappa shape index (κ2) is 5.27. The molecule has 2 nitrogen and oxygen atoms in total. The summed E-state index contributed by atoms with van der Waals surface area (Å²) in [4.78, 5) is 0. The van der Waals surface area contributed by atoms with Gasteiger partial charge < -0.3 is 10.5 Å². The number of fused-ring (bicyclic) bond motifs is 1. The predicted octanol–water partition coefficient (Wildman–Crippen LogP) is 3.88. The molecule has 2 N–H and O–H groups in total. The second-order valence-corrected chi connectivity index (χ2v) is 5.01. The highest BCUT2D eigenvalue weighted by Crippen LogP contribution is 2.40. The van der Waals surface area contributed by atoms with Crippen molar-refractivity contribution in [1.29, 1.82) is 0 Å². The van der Waals surface area contributed by atoms with Crippen molar-refractivity contribution in [2.75, 3.05) is 6.54 Å². The first kappa shape index (κ1) is 13.2. The Morgan fingerprint density at radius 3 is 2.75 bits per heavy atom. The molecule has 0 radical (unpaired) electrons. The number of rotatable bonds is 2. The van der Waals surface area contributed by atoms with Crippen molar-refractivity contribution in [1.82, 2.24) is 0 Å². The lowest BCUT2D eigenvalue weighted by Gasteiger charge is -2.23. The SMILES string of the molecule is NC[C@H]1C=Cc2cc(F)cc(-c3ccccc3Cl)c2O1. The number of benzene rings is 2. The number of halogens is 2. The lowest BCUT2D eigenvalue weighted by atomic mass is 9.99. The summed E-state index contributed by atoms with van der Waals surface area (Å²) in [6, 6.07) is 10.2. The first-order chi connectivity index (χ1) is 9.69. The molecule has 102 valence electrons. The molecule has 0 fully saturated rings. The van der Waals surface area contributed by atoms with Crippen LogP contribution in [0, 0.1) is 5.82 Å². The van der Waals surface area contributed by atoms with Gasteiger partial charge in [-0.15, -0.1) is 0 Å². The van der Waals surface area contributed by atoms with Crippen LogP contribution in [0.25, 0.3) is 17.2 Å². The zero-order valence-electron chi connectivity index (χ0n) is 10.6. The summed E-state index contributed by atoms with van der Waals surface area (Å²) in [7, 11) is 0. The van der Waals surface area contributed by atoms with Crippen LogP contribution in [-0.4, -0.2) is 12.6 Å². The Labute approximate surface area is 121 Å². The molecule has 0 bridgehead atoms. The van der Waals surface area contributed by atoms with Crippen LogP contribution >= 0.6 is 11.6 Å². The predicted molar refractivity (Wildman–Crippen MR) is 79.4 cm³/mol. The van der Waals surface area contributed by atoms with Crippen molar-refractivity contribution in [3.8, 4) is 16.9 Å². The summed E-state index contributed by atoms with van der Waals surface area (Å²) in [5.74, 6) is 0.301. The number of nitrogens with two attached hydrogens (primary N) is 1. The number of hydrogen-bond acceptors (Lipinski definition) is 2. The summed E-state index contributed by atoms with van der Waals surface area (Å²) >= 11 is 6.20. The largest absolute Gasteiger partial charge is 0.484 e. The van der Waals surface area contributed by atoms with Crippen molar-refractivity contribution in [2.45, 2.75) is 6.10 Å². The number of hydrogen-bond donors (Lipinski definition) is 1. The van der Waals surface area contributed by atoms with Gasteiger partial charge in [0, 0.05) is 28.3 Å². The summed E-state index contributed by atoms with van der Waals surface area (Å²) in [6.07, 6.45) is 3.46. The van der Waals surface area contributed by atoms with Gasteiger partial charge in [-0.3, -0.25) is 0 Å². The van der Waals surface area contributed by atoms with Gasteiger partial charge in [-0.1, -0.05) is 35.9 Å². The van der Waals surface area contributed by atoms with E-state index in [1.807, 2.05) is 30.4 Å². The van der Waals surface area contributed by atoms with Crippen LogP contribution in [0.4, 0.5) is 4.39 Å². The second-order valence-electron chi connectivity index (χ2n) is 4.60. The molecule has 0 spiro atoms. The maximum Gasteiger partial charge on any atom is 0.135 e. The standard InChI is InChI=1S/C16H13ClFNO/c17-15-4-2-1-3-13(15)14-8-11(18)7-10-5-6-12(9-19)20-16(10)14/h1-8,12H,9,19H2/t12-/m1/s1. The maximum absolute atomic E-state index is 13.8. The molecule has 3 rings (SSSR count). The highest BCUT2D eigenvalue weighted by Gasteiger charge is 2.20. The molecule has 0 unspecified atom stereocenters. The fourth-order valence-electron chi connectivity index (χ4n) is 2.28. The molecule has 20 heavy (non-hydrogen) atoms. The fourth-order valence-corrected chi connectivity index (χ4v) is 2.52. The smallest absolute Gasteiger partial charge is 0.135 e. The van der Waals surface area contributed by atoms with Crippen LogP contribution in [0.15, 0.2) is 42.5 Å². The molecule has 4 heteroatoms. The van der Waals surface area contributed by atoms with Gasteiger partial charge in [0.2, 0.25) is 0 Å². The van der Waals surface area contributed by atoms with Gasteiger partial charge in [-0.25, -0.2) is 4.39 Å². The van der Waals surface area contributed by atoms with E-state index in [4.69, 9.17) is 22.1 Å². The summed E-state index contributed by atoms with van der Waals surface area (Å²) in [5.41, 5.74) is 7.72. The Hall–Kier alpha value is -1.84. The van der Waals surface area contributed by atoms with Crippen molar-refractivity contribution in [3.05, 3.63) is 58.9 Å². The molecule has 2 aromatic rings. The molecule has 0 aromatic heterocycles. The van der Waals surface area contributed by atoms with E-state index in [1.54, 1.807) is 6.07 Å². The fraction of sp³-hybridized carbons (Fsp3) is 0.125. The highest BCUT2D eigenvalue weighted by atomic mass is 35.5. The van der Waals surface area contributed by atoms with Crippen molar-refractivity contribution in [3.63, 3.8) is 0 Å². The van der Waals surface area contributed by atoms with Gasteiger partial charge in [-0.05, 0) is 24.3 Å². The van der Waals surface area contributed by atoms with E-state index in [0.717, 1.165) is 5.56 Å². The summed E-state index contributed by atoms with van der Waals surface area (Å²) in [5, 5.41) is 0.558. The molecular weight excluding hydrogens is 277 g/mol. The molecule has 0 aliphatic carbocycles. The van der Waals surface area contributed by atoms with Crippen molar-refractivity contribution >= 4 is 17.7 Å². The van der Waals surface area contributed by atoms with E-state index >= 15 is 0 Å². The zero-order chi connectivity index (χ0) is 14.1. The van der Waals surface area contributed by atoms with E-state index in [2.05, 4.69) is 0 Å². The molecule has 1 heterocycles. The van der Waals surface area contributed by atoms with E-state index in [9.17, 15) is 4.39 Å². The lowest BCUT2D eigenvalue weighted by Crippen LogP contribution is -2.26. The van der Waals surface area contributed by atoms with Gasteiger partial charge in [0.15, 0.2) is 0 Å². The van der Waals surface area contributed by atoms with Gasteiger partial charge in [0.05, 0.1) is 0 Å². The average molecular weight is 290 g/mol. The normalized spacial score (nSPS) is 16.6. The van der Waals surface area contributed by atoms with Crippen LogP contribution in [0.3, 0.4) is 0 Å². The monoisotopic (exact) mass is 289 g/mol. The minimum atomic E-state index is -0.321. The highest BCUT2D eigenvalue weighted by molar-refractivity contribution is 6.33. The van der Waals surface area contributed by atoms with Crippen molar-refractivity contribution in [2.24, 2.45) is 5.73 Å².